The average Bonchev–Trinajstić information content (AvgIpc) is 2.28. The third-order valence-corrected chi connectivity index (χ3v) is 4.37. The fourth-order valence-electron chi connectivity index (χ4n) is 2.70. The van der Waals surface area contributed by atoms with Crippen LogP contribution in [0.4, 0.5) is 0 Å². The largest absolute Gasteiger partial charge is 0.354 e. The van der Waals surface area contributed by atoms with E-state index in [1.165, 1.54) is 25.9 Å². The molecular weight excluding hydrogens is 214 g/mol. The summed E-state index contributed by atoms with van der Waals surface area (Å²) >= 11 is 0. The Balaban J connectivity index is 1.61. The van der Waals surface area contributed by atoms with Crippen molar-refractivity contribution in [1.29, 1.82) is 0 Å². The zero-order chi connectivity index (χ0) is 12.3. The van der Waals surface area contributed by atoms with Crippen molar-refractivity contribution in [3.05, 3.63) is 0 Å². The van der Waals surface area contributed by atoms with Gasteiger partial charge in [-0.05, 0) is 64.6 Å². The van der Waals surface area contributed by atoms with Gasteiger partial charge in [0.2, 0.25) is 5.91 Å². The number of carbonyl (C=O) groups excluding carboxylic acids is 1. The maximum Gasteiger partial charge on any atom is 0.240 e. The van der Waals surface area contributed by atoms with E-state index < -0.39 is 5.54 Å². The highest BCUT2D eigenvalue weighted by Crippen LogP contribution is 2.29. The van der Waals surface area contributed by atoms with Crippen LogP contribution in [0.15, 0.2) is 0 Å². The molecule has 1 saturated carbocycles. The quantitative estimate of drug-likeness (QED) is 0.760. The monoisotopic (exact) mass is 239 g/mol. The van der Waals surface area contributed by atoms with Crippen LogP contribution in [0, 0.1) is 5.92 Å². The number of amides is 1. The van der Waals surface area contributed by atoms with Crippen LogP contribution in [0.25, 0.3) is 0 Å². The highest BCUT2D eigenvalue weighted by molar-refractivity contribution is 5.86. The summed E-state index contributed by atoms with van der Waals surface area (Å²) in [5.74, 6) is 0.846. The SMILES string of the molecule is CN1CCC(CCNC(=O)C2(N)CCC2)CC1. The Morgan fingerprint density at radius 3 is 2.59 bits per heavy atom. The maximum absolute atomic E-state index is 11.8. The molecule has 1 aliphatic carbocycles. The number of nitrogens with two attached hydrogens (primary N) is 1. The van der Waals surface area contributed by atoms with Crippen molar-refractivity contribution in [2.45, 2.75) is 44.1 Å². The molecule has 3 N–H and O–H groups in total. The summed E-state index contributed by atoms with van der Waals surface area (Å²) in [6.07, 6.45) is 6.44. The lowest BCUT2D eigenvalue weighted by Gasteiger charge is -2.36. The number of hydrogen-bond acceptors (Lipinski definition) is 3. The van der Waals surface area contributed by atoms with E-state index in [2.05, 4.69) is 17.3 Å². The predicted molar refractivity (Wildman–Crippen MR) is 68.6 cm³/mol. The first-order valence-electron chi connectivity index (χ1n) is 6.86. The molecule has 4 heteroatoms. The fraction of sp³-hybridized carbons (Fsp3) is 0.923. The second-order valence-electron chi connectivity index (χ2n) is 5.80. The number of nitrogens with zero attached hydrogens (tertiary/aromatic N) is 1. The maximum atomic E-state index is 11.8. The van der Waals surface area contributed by atoms with E-state index in [9.17, 15) is 4.79 Å². The molecule has 0 bridgehead atoms. The average molecular weight is 239 g/mol. The minimum atomic E-state index is -0.535. The molecule has 0 aromatic carbocycles. The summed E-state index contributed by atoms with van der Waals surface area (Å²) in [7, 11) is 2.17. The van der Waals surface area contributed by atoms with Gasteiger partial charge in [0, 0.05) is 6.54 Å². The van der Waals surface area contributed by atoms with Crippen LogP contribution < -0.4 is 11.1 Å². The lowest BCUT2D eigenvalue weighted by atomic mass is 9.77. The molecule has 1 amide bonds. The second-order valence-corrected chi connectivity index (χ2v) is 5.80. The van der Waals surface area contributed by atoms with Crippen molar-refractivity contribution in [2.75, 3.05) is 26.7 Å². The van der Waals surface area contributed by atoms with Crippen LogP contribution in [0.5, 0.6) is 0 Å². The molecule has 0 atom stereocenters. The van der Waals surface area contributed by atoms with Crippen molar-refractivity contribution in [1.82, 2.24) is 10.2 Å². The van der Waals surface area contributed by atoms with Crippen LogP contribution in [0.3, 0.4) is 0 Å². The van der Waals surface area contributed by atoms with Gasteiger partial charge in [-0.15, -0.1) is 0 Å². The first-order chi connectivity index (χ1) is 8.10. The minimum Gasteiger partial charge on any atom is -0.354 e. The van der Waals surface area contributed by atoms with Crippen molar-refractivity contribution < 1.29 is 4.79 Å². The zero-order valence-electron chi connectivity index (χ0n) is 10.9. The Labute approximate surface area is 104 Å². The van der Waals surface area contributed by atoms with Crippen molar-refractivity contribution >= 4 is 5.91 Å². The Morgan fingerprint density at radius 1 is 1.41 bits per heavy atom. The van der Waals surface area contributed by atoms with Crippen LogP contribution in [-0.4, -0.2) is 43.0 Å². The van der Waals surface area contributed by atoms with E-state index in [0.29, 0.717) is 0 Å². The van der Waals surface area contributed by atoms with Gasteiger partial charge in [-0.25, -0.2) is 0 Å². The Bertz CT molecular complexity index is 268. The van der Waals surface area contributed by atoms with E-state index in [0.717, 1.165) is 38.1 Å². The highest BCUT2D eigenvalue weighted by atomic mass is 16.2. The molecule has 4 nitrogen and oxygen atoms in total. The molecule has 17 heavy (non-hydrogen) atoms. The van der Waals surface area contributed by atoms with E-state index in [1.807, 2.05) is 0 Å². The molecule has 1 aliphatic heterocycles. The smallest absolute Gasteiger partial charge is 0.240 e. The molecule has 98 valence electrons. The topological polar surface area (TPSA) is 58.4 Å². The molecule has 1 heterocycles. The molecule has 2 fully saturated rings. The van der Waals surface area contributed by atoms with Gasteiger partial charge < -0.3 is 16.0 Å². The number of nitrogens with one attached hydrogen (secondary N) is 1. The summed E-state index contributed by atoms with van der Waals surface area (Å²) in [6.45, 7) is 3.19. The van der Waals surface area contributed by atoms with Crippen molar-refractivity contribution in [3.8, 4) is 0 Å². The van der Waals surface area contributed by atoms with Crippen LogP contribution in [0.2, 0.25) is 0 Å². The standard InChI is InChI=1S/C13H25N3O/c1-16-9-4-11(5-10-16)3-8-15-12(17)13(14)6-2-7-13/h11H,2-10,14H2,1H3,(H,15,17). The van der Waals surface area contributed by atoms with Crippen molar-refractivity contribution in [3.63, 3.8) is 0 Å². The molecule has 0 aromatic rings. The number of piperidine rings is 1. The normalized spacial score (nSPS) is 25.3. The third kappa shape index (κ3) is 3.19. The second kappa shape index (κ2) is 5.36. The lowest BCUT2D eigenvalue weighted by molar-refractivity contribution is -0.129. The summed E-state index contributed by atoms with van der Waals surface area (Å²) in [6, 6.07) is 0. The lowest BCUT2D eigenvalue weighted by Crippen LogP contribution is -2.58. The Kier molecular flexibility index (Phi) is 4.05. The molecule has 0 radical (unpaired) electrons. The van der Waals surface area contributed by atoms with Crippen LogP contribution in [-0.2, 0) is 4.79 Å². The predicted octanol–water partition coefficient (Wildman–Crippen LogP) is 0.716. The first-order valence-corrected chi connectivity index (χ1v) is 6.86. The van der Waals surface area contributed by atoms with Gasteiger partial charge in [-0.2, -0.15) is 0 Å². The van der Waals surface area contributed by atoms with Gasteiger partial charge in [0.1, 0.15) is 0 Å². The summed E-state index contributed by atoms with van der Waals surface area (Å²) in [5.41, 5.74) is 5.43. The van der Waals surface area contributed by atoms with E-state index in [-0.39, 0.29) is 5.91 Å². The van der Waals surface area contributed by atoms with Crippen LogP contribution in [0.1, 0.15) is 38.5 Å². The summed E-state index contributed by atoms with van der Waals surface area (Å²) in [4.78, 5) is 14.2. The number of carbonyl (C=O) groups is 1. The summed E-state index contributed by atoms with van der Waals surface area (Å²) < 4.78 is 0. The summed E-state index contributed by atoms with van der Waals surface area (Å²) in [5, 5.41) is 3.01. The highest BCUT2D eigenvalue weighted by Gasteiger charge is 2.39. The Hall–Kier alpha value is -0.610. The molecular formula is C13H25N3O. The van der Waals surface area contributed by atoms with E-state index in [1.54, 1.807) is 0 Å². The Morgan fingerprint density at radius 2 is 2.06 bits per heavy atom. The number of hydrogen-bond donors (Lipinski definition) is 2. The molecule has 0 spiro atoms. The third-order valence-electron chi connectivity index (χ3n) is 4.37. The van der Waals surface area contributed by atoms with Crippen molar-refractivity contribution in [2.24, 2.45) is 11.7 Å². The minimum absolute atomic E-state index is 0.0664. The first kappa shape index (κ1) is 12.8. The molecule has 0 unspecified atom stereocenters. The van der Waals surface area contributed by atoms with E-state index >= 15 is 0 Å². The van der Waals surface area contributed by atoms with Gasteiger partial charge >= 0.3 is 0 Å². The molecule has 2 rings (SSSR count). The van der Waals surface area contributed by atoms with E-state index in [4.69, 9.17) is 5.73 Å². The van der Waals surface area contributed by atoms with Gasteiger partial charge in [0.25, 0.3) is 0 Å². The van der Waals surface area contributed by atoms with Gasteiger partial charge in [-0.1, -0.05) is 0 Å². The number of likely N-dealkylation sites (tertiary alicyclic amines) is 1. The molecule has 1 saturated heterocycles. The number of rotatable bonds is 4. The van der Waals surface area contributed by atoms with Gasteiger partial charge in [-0.3, -0.25) is 4.79 Å². The van der Waals surface area contributed by atoms with Gasteiger partial charge in [0.15, 0.2) is 0 Å². The zero-order valence-corrected chi connectivity index (χ0v) is 10.9. The van der Waals surface area contributed by atoms with Crippen LogP contribution >= 0.6 is 0 Å². The molecule has 2 aliphatic rings. The van der Waals surface area contributed by atoms with Gasteiger partial charge in [0.05, 0.1) is 5.54 Å². The molecule has 0 aromatic heterocycles. The fourth-order valence-corrected chi connectivity index (χ4v) is 2.70.